The molecule has 3 nitrogen and oxygen atoms in total. The number of hydrogen-bond donors (Lipinski definition) is 2. The molecule has 0 bridgehead atoms. The summed E-state index contributed by atoms with van der Waals surface area (Å²) in [4.78, 5) is 0. The Hall–Kier alpha value is -0.120. The van der Waals surface area contributed by atoms with E-state index in [4.69, 9.17) is 10.5 Å². The van der Waals surface area contributed by atoms with E-state index in [-0.39, 0.29) is 0 Å². The molecule has 0 amide bonds. The van der Waals surface area contributed by atoms with Crippen molar-refractivity contribution in [1.29, 1.82) is 0 Å². The average molecular weight is 228 g/mol. The summed E-state index contributed by atoms with van der Waals surface area (Å²) in [6, 6.07) is 1.13. The smallest absolute Gasteiger partial charge is 0.0467 e. The van der Waals surface area contributed by atoms with Crippen molar-refractivity contribution in [2.45, 2.75) is 58.0 Å². The van der Waals surface area contributed by atoms with Crippen LogP contribution in [0.1, 0.15) is 46.0 Å². The average Bonchev–Trinajstić information content (AvgIpc) is 2.26. The van der Waals surface area contributed by atoms with E-state index < -0.39 is 0 Å². The topological polar surface area (TPSA) is 47.3 Å². The molecule has 0 saturated heterocycles. The molecule has 0 aromatic rings. The predicted molar refractivity (Wildman–Crippen MR) is 68.5 cm³/mol. The van der Waals surface area contributed by atoms with E-state index in [1.165, 1.54) is 25.7 Å². The van der Waals surface area contributed by atoms with Crippen molar-refractivity contribution in [3.63, 3.8) is 0 Å². The Morgan fingerprint density at radius 3 is 2.44 bits per heavy atom. The summed E-state index contributed by atoms with van der Waals surface area (Å²) in [6.07, 6.45) is 5.94. The van der Waals surface area contributed by atoms with Crippen LogP contribution in [0, 0.1) is 5.41 Å². The molecule has 0 aliphatic heterocycles. The minimum Gasteiger partial charge on any atom is -0.385 e. The van der Waals surface area contributed by atoms with Gasteiger partial charge in [-0.1, -0.05) is 13.8 Å². The minimum absolute atomic E-state index is 0.329. The van der Waals surface area contributed by atoms with Crippen LogP contribution in [0.5, 0.6) is 0 Å². The Balaban J connectivity index is 2.17. The number of ether oxygens (including phenoxy) is 1. The second kappa shape index (κ2) is 6.58. The maximum absolute atomic E-state index is 5.90. The van der Waals surface area contributed by atoms with E-state index in [1.54, 1.807) is 7.11 Å². The molecular weight excluding hydrogens is 200 g/mol. The van der Waals surface area contributed by atoms with Gasteiger partial charge in [-0.3, -0.25) is 0 Å². The molecule has 1 saturated carbocycles. The lowest BCUT2D eigenvalue weighted by Crippen LogP contribution is -2.41. The lowest BCUT2D eigenvalue weighted by molar-refractivity contribution is 0.147. The highest BCUT2D eigenvalue weighted by molar-refractivity contribution is 4.81. The molecule has 96 valence electrons. The zero-order valence-electron chi connectivity index (χ0n) is 11.1. The highest BCUT2D eigenvalue weighted by atomic mass is 16.5. The number of nitrogens with one attached hydrogen (secondary N) is 1. The molecule has 16 heavy (non-hydrogen) atoms. The first-order valence-corrected chi connectivity index (χ1v) is 6.51. The van der Waals surface area contributed by atoms with Gasteiger partial charge >= 0.3 is 0 Å². The quantitative estimate of drug-likeness (QED) is 0.730. The second-order valence-corrected chi connectivity index (χ2v) is 5.90. The molecule has 0 aromatic heterocycles. The van der Waals surface area contributed by atoms with Crippen LogP contribution < -0.4 is 11.1 Å². The summed E-state index contributed by atoms with van der Waals surface area (Å²) in [5.41, 5.74) is 6.23. The molecular formula is C13H28N2O. The van der Waals surface area contributed by atoms with Crippen LogP contribution in [-0.4, -0.2) is 32.3 Å². The number of rotatable bonds is 6. The largest absolute Gasteiger partial charge is 0.385 e. The minimum atomic E-state index is 0.329. The van der Waals surface area contributed by atoms with Gasteiger partial charge < -0.3 is 15.8 Å². The molecule has 3 N–H and O–H groups in total. The summed E-state index contributed by atoms with van der Waals surface area (Å²) in [5.74, 6) is 0. The van der Waals surface area contributed by atoms with Gasteiger partial charge in [-0.15, -0.1) is 0 Å². The molecule has 1 aliphatic rings. The predicted octanol–water partition coefficient (Wildman–Crippen LogP) is 1.91. The van der Waals surface area contributed by atoms with Gasteiger partial charge in [-0.25, -0.2) is 0 Å². The van der Waals surface area contributed by atoms with Gasteiger partial charge in [0.25, 0.3) is 0 Å². The normalized spacial score (nSPS) is 27.0. The fourth-order valence-corrected chi connectivity index (χ4v) is 2.21. The van der Waals surface area contributed by atoms with Crippen molar-refractivity contribution in [3.05, 3.63) is 0 Å². The lowest BCUT2D eigenvalue weighted by atomic mass is 9.87. The maximum Gasteiger partial charge on any atom is 0.0467 e. The van der Waals surface area contributed by atoms with Crippen LogP contribution in [0.15, 0.2) is 0 Å². The molecule has 0 unspecified atom stereocenters. The molecule has 1 rings (SSSR count). The van der Waals surface area contributed by atoms with Crippen LogP contribution in [0.4, 0.5) is 0 Å². The van der Waals surface area contributed by atoms with Gasteiger partial charge in [0.05, 0.1) is 0 Å². The van der Waals surface area contributed by atoms with Crippen LogP contribution in [-0.2, 0) is 4.74 Å². The molecule has 0 heterocycles. The molecule has 0 atom stereocenters. The third-order valence-electron chi connectivity index (χ3n) is 3.62. The lowest BCUT2D eigenvalue weighted by Gasteiger charge is -2.31. The third kappa shape index (κ3) is 5.28. The van der Waals surface area contributed by atoms with E-state index in [0.717, 1.165) is 19.6 Å². The second-order valence-electron chi connectivity index (χ2n) is 5.90. The Morgan fingerprint density at radius 1 is 1.25 bits per heavy atom. The molecule has 1 fully saturated rings. The van der Waals surface area contributed by atoms with E-state index in [1.807, 2.05) is 0 Å². The summed E-state index contributed by atoms with van der Waals surface area (Å²) >= 11 is 0. The molecule has 0 radical (unpaired) electrons. The fourth-order valence-electron chi connectivity index (χ4n) is 2.21. The molecule has 0 aromatic carbocycles. The molecule has 0 spiro atoms. The highest BCUT2D eigenvalue weighted by Gasteiger charge is 2.22. The summed E-state index contributed by atoms with van der Waals surface area (Å²) in [6.45, 7) is 6.53. The standard InChI is InChI=1S/C13H28N2O/c1-13(2,8-9-16-3)10-15-12-6-4-11(14)5-7-12/h11-12,15H,4-10,14H2,1-3H3. The summed E-state index contributed by atoms with van der Waals surface area (Å²) in [7, 11) is 1.77. The first-order valence-electron chi connectivity index (χ1n) is 6.51. The molecule has 3 heteroatoms. The van der Waals surface area contributed by atoms with Gasteiger partial charge in [-0.2, -0.15) is 0 Å². The SMILES string of the molecule is COCCC(C)(C)CNC1CCC(N)CC1. The zero-order chi connectivity index (χ0) is 12.0. The zero-order valence-corrected chi connectivity index (χ0v) is 11.1. The fraction of sp³-hybridized carbons (Fsp3) is 1.00. The monoisotopic (exact) mass is 228 g/mol. The van der Waals surface area contributed by atoms with E-state index >= 15 is 0 Å². The van der Waals surface area contributed by atoms with Crippen molar-refractivity contribution in [1.82, 2.24) is 5.32 Å². The van der Waals surface area contributed by atoms with Crippen molar-refractivity contribution >= 4 is 0 Å². The first-order chi connectivity index (χ1) is 7.53. The Kier molecular flexibility index (Phi) is 5.73. The Labute approximate surface area is 100 Å². The Bertz CT molecular complexity index is 186. The van der Waals surface area contributed by atoms with Crippen LogP contribution in [0.2, 0.25) is 0 Å². The first kappa shape index (κ1) is 13.9. The van der Waals surface area contributed by atoms with Crippen LogP contribution in [0.3, 0.4) is 0 Å². The van der Waals surface area contributed by atoms with Gasteiger partial charge in [0.15, 0.2) is 0 Å². The number of hydrogen-bond acceptors (Lipinski definition) is 3. The van der Waals surface area contributed by atoms with Crippen molar-refractivity contribution in [3.8, 4) is 0 Å². The van der Waals surface area contributed by atoms with Crippen molar-refractivity contribution < 1.29 is 4.74 Å². The summed E-state index contributed by atoms with van der Waals surface area (Å²) in [5, 5.41) is 3.68. The number of nitrogens with two attached hydrogens (primary N) is 1. The third-order valence-corrected chi connectivity index (χ3v) is 3.62. The van der Waals surface area contributed by atoms with Crippen molar-refractivity contribution in [2.75, 3.05) is 20.3 Å². The van der Waals surface area contributed by atoms with Gasteiger partial charge in [-0.05, 0) is 37.5 Å². The van der Waals surface area contributed by atoms with Gasteiger partial charge in [0, 0.05) is 32.3 Å². The van der Waals surface area contributed by atoms with E-state index in [9.17, 15) is 0 Å². The van der Waals surface area contributed by atoms with Crippen LogP contribution >= 0.6 is 0 Å². The van der Waals surface area contributed by atoms with Crippen LogP contribution in [0.25, 0.3) is 0 Å². The maximum atomic E-state index is 5.90. The van der Waals surface area contributed by atoms with Crippen molar-refractivity contribution in [2.24, 2.45) is 11.1 Å². The summed E-state index contributed by atoms with van der Waals surface area (Å²) < 4.78 is 5.14. The van der Waals surface area contributed by atoms with E-state index in [2.05, 4.69) is 19.2 Å². The number of methoxy groups -OCH3 is 1. The highest BCUT2D eigenvalue weighted by Crippen LogP contribution is 2.22. The molecule has 1 aliphatic carbocycles. The Morgan fingerprint density at radius 2 is 1.88 bits per heavy atom. The van der Waals surface area contributed by atoms with E-state index in [0.29, 0.717) is 17.5 Å². The van der Waals surface area contributed by atoms with Gasteiger partial charge in [0.2, 0.25) is 0 Å². The van der Waals surface area contributed by atoms with Gasteiger partial charge in [0.1, 0.15) is 0 Å².